The number of non-ortho nitro benzene ring substituents is 1. The van der Waals surface area contributed by atoms with Gasteiger partial charge >= 0.3 is 0 Å². The molecule has 0 aromatic heterocycles. The second kappa shape index (κ2) is 9.28. The number of nitrogens with one attached hydrogen (secondary N) is 2. The summed E-state index contributed by atoms with van der Waals surface area (Å²) >= 11 is 5.23. The molecule has 1 atom stereocenters. The molecule has 1 aromatic carbocycles. The minimum absolute atomic E-state index is 0.0529. The van der Waals surface area contributed by atoms with Crippen molar-refractivity contribution in [2.75, 3.05) is 11.9 Å². The summed E-state index contributed by atoms with van der Waals surface area (Å²) in [6.45, 7) is 5.20. The van der Waals surface area contributed by atoms with E-state index in [-0.39, 0.29) is 5.69 Å². The molecule has 0 aliphatic heterocycles. The van der Waals surface area contributed by atoms with Crippen LogP contribution in [0.1, 0.15) is 39.5 Å². The summed E-state index contributed by atoms with van der Waals surface area (Å²) in [7, 11) is 0. The van der Waals surface area contributed by atoms with Gasteiger partial charge in [0.05, 0.1) is 4.92 Å². The Morgan fingerprint density at radius 2 is 2.19 bits per heavy atom. The first-order valence-electron chi connectivity index (χ1n) is 7.36. The van der Waals surface area contributed by atoms with Gasteiger partial charge in [0.25, 0.3) is 5.69 Å². The Labute approximate surface area is 131 Å². The summed E-state index contributed by atoms with van der Waals surface area (Å²) < 4.78 is 0. The van der Waals surface area contributed by atoms with Gasteiger partial charge in [0, 0.05) is 24.4 Å². The van der Waals surface area contributed by atoms with Crippen LogP contribution < -0.4 is 10.6 Å². The molecule has 0 fully saturated rings. The summed E-state index contributed by atoms with van der Waals surface area (Å²) in [5.41, 5.74) is 0.681. The highest BCUT2D eigenvalue weighted by molar-refractivity contribution is 7.80. The Morgan fingerprint density at radius 3 is 2.81 bits per heavy atom. The maximum atomic E-state index is 10.7. The van der Waals surface area contributed by atoms with E-state index in [0.717, 1.165) is 13.0 Å². The van der Waals surface area contributed by atoms with Crippen LogP contribution in [0.2, 0.25) is 0 Å². The number of benzene rings is 1. The number of hydrogen-bond donors (Lipinski definition) is 2. The van der Waals surface area contributed by atoms with Crippen LogP contribution in [0.4, 0.5) is 11.4 Å². The van der Waals surface area contributed by atoms with Crippen LogP contribution in [0.5, 0.6) is 0 Å². The topological polar surface area (TPSA) is 67.2 Å². The molecule has 0 aliphatic carbocycles. The van der Waals surface area contributed by atoms with Gasteiger partial charge in [-0.25, -0.2) is 0 Å². The lowest BCUT2D eigenvalue weighted by atomic mass is 9.99. The number of thiocarbonyl (C=S) groups is 1. The van der Waals surface area contributed by atoms with Crippen molar-refractivity contribution in [1.82, 2.24) is 5.32 Å². The quantitative estimate of drug-likeness (QED) is 0.430. The lowest BCUT2D eigenvalue weighted by Gasteiger charge is -2.17. The van der Waals surface area contributed by atoms with E-state index in [0.29, 0.717) is 16.7 Å². The highest BCUT2D eigenvalue weighted by atomic mass is 32.1. The van der Waals surface area contributed by atoms with Gasteiger partial charge in [0.15, 0.2) is 5.11 Å². The molecule has 0 heterocycles. The third-order valence-electron chi connectivity index (χ3n) is 3.41. The SMILES string of the molecule is CCCC[C@H](CC)CNC(=S)Nc1cccc([N+](=O)[O-])c1. The molecule has 116 valence electrons. The van der Waals surface area contributed by atoms with Crippen LogP contribution in [-0.2, 0) is 0 Å². The second-order valence-corrected chi connectivity index (χ2v) is 5.47. The van der Waals surface area contributed by atoms with Gasteiger partial charge in [0.1, 0.15) is 0 Å². The van der Waals surface area contributed by atoms with Gasteiger partial charge in [-0.15, -0.1) is 0 Å². The first-order chi connectivity index (χ1) is 10.1. The number of anilines is 1. The molecule has 0 spiro atoms. The molecule has 0 amide bonds. The molecular formula is C15H23N3O2S. The van der Waals surface area contributed by atoms with Crippen LogP contribution >= 0.6 is 12.2 Å². The first-order valence-corrected chi connectivity index (χ1v) is 7.77. The fourth-order valence-corrected chi connectivity index (χ4v) is 2.25. The van der Waals surface area contributed by atoms with Gasteiger partial charge in [-0.05, 0) is 30.6 Å². The normalized spacial score (nSPS) is 11.7. The van der Waals surface area contributed by atoms with Crippen molar-refractivity contribution in [2.45, 2.75) is 39.5 Å². The standard InChI is InChI=1S/C15H23N3O2S/c1-3-5-7-12(4-2)11-16-15(21)17-13-8-6-9-14(10-13)18(19)20/h6,8-10,12H,3-5,7,11H2,1-2H3,(H2,16,17,21)/t12-/m0/s1. The Bertz CT molecular complexity index is 480. The number of nitro groups is 1. The van der Waals surface area contributed by atoms with E-state index in [1.165, 1.54) is 31.4 Å². The Morgan fingerprint density at radius 1 is 1.43 bits per heavy atom. The van der Waals surface area contributed by atoms with Crippen molar-refractivity contribution in [3.63, 3.8) is 0 Å². The van der Waals surface area contributed by atoms with Crippen molar-refractivity contribution in [1.29, 1.82) is 0 Å². The molecule has 0 aliphatic rings. The summed E-state index contributed by atoms with van der Waals surface area (Å²) in [5, 5.41) is 17.4. The smallest absolute Gasteiger partial charge is 0.271 e. The third kappa shape index (κ3) is 6.53. The number of nitrogens with zero attached hydrogens (tertiary/aromatic N) is 1. The number of nitro benzene ring substituents is 1. The van der Waals surface area contributed by atoms with Crippen LogP contribution in [0, 0.1) is 16.0 Å². The van der Waals surface area contributed by atoms with Crippen LogP contribution in [-0.4, -0.2) is 16.6 Å². The summed E-state index contributed by atoms with van der Waals surface area (Å²) in [6.07, 6.45) is 4.74. The van der Waals surface area contributed by atoms with E-state index in [4.69, 9.17) is 12.2 Å². The largest absolute Gasteiger partial charge is 0.362 e. The minimum Gasteiger partial charge on any atom is -0.362 e. The van der Waals surface area contributed by atoms with E-state index in [2.05, 4.69) is 24.5 Å². The van der Waals surface area contributed by atoms with E-state index < -0.39 is 4.92 Å². The van der Waals surface area contributed by atoms with E-state index in [1.54, 1.807) is 12.1 Å². The van der Waals surface area contributed by atoms with Crippen molar-refractivity contribution in [3.8, 4) is 0 Å². The zero-order valence-corrected chi connectivity index (χ0v) is 13.4. The summed E-state index contributed by atoms with van der Waals surface area (Å²) in [5.74, 6) is 0.606. The van der Waals surface area contributed by atoms with E-state index >= 15 is 0 Å². The van der Waals surface area contributed by atoms with Crippen molar-refractivity contribution < 1.29 is 4.92 Å². The second-order valence-electron chi connectivity index (χ2n) is 5.06. The predicted molar refractivity (Wildman–Crippen MR) is 90.6 cm³/mol. The van der Waals surface area contributed by atoms with E-state index in [9.17, 15) is 10.1 Å². The number of rotatable bonds is 8. The van der Waals surface area contributed by atoms with Crippen molar-refractivity contribution in [2.24, 2.45) is 5.92 Å². The van der Waals surface area contributed by atoms with Gasteiger partial charge in [-0.2, -0.15) is 0 Å². The molecule has 21 heavy (non-hydrogen) atoms. The van der Waals surface area contributed by atoms with Crippen LogP contribution in [0.3, 0.4) is 0 Å². The molecule has 5 nitrogen and oxygen atoms in total. The number of hydrogen-bond acceptors (Lipinski definition) is 3. The lowest BCUT2D eigenvalue weighted by Crippen LogP contribution is -2.32. The fraction of sp³-hybridized carbons (Fsp3) is 0.533. The molecule has 6 heteroatoms. The van der Waals surface area contributed by atoms with Gasteiger partial charge in [-0.3, -0.25) is 10.1 Å². The molecule has 0 saturated carbocycles. The van der Waals surface area contributed by atoms with Gasteiger partial charge < -0.3 is 10.6 Å². The fourth-order valence-electron chi connectivity index (χ4n) is 2.05. The monoisotopic (exact) mass is 309 g/mol. The molecule has 0 radical (unpaired) electrons. The lowest BCUT2D eigenvalue weighted by molar-refractivity contribution is -0.384. The van der Waals surface area contributed by atoms with Gasteiger partial charge in [-0.1, -0.05) is 39.2 Å². The van der Waals surface area contributed by atoms with E-state index in [1.807, 2.05) is 0 Å². The van der Waals surface area contributed by atoms with Crippen LogP contribution in [0.15, 0.2) is 24.3 Å². The average molecular weight is 309 g/mol. The Hall–Kier alpha value is -1.69. The third-order valence-corrected chi connectivity index (χ3v) is 3.66. The highest BCUT2D eigenvalue weighted by Crippen LogP contribution is 2.17. The maximum Gasteiger partial charge on any atom is 0.271 e. The highest BCUT2D eigenvalue weighted by Gasteiger charge is 2.08. The zero-order valence-electron chi connectivity index (χ0n) is 12.6. The molecule has 0 bridgehead atoms. The van der Waals surface area contributed by atoms with Gasteiger partial charge in [0.2, 0.25) is 0 Å². The molecule has 0 saturated heterocycles. The first kappa shape index (κ1) is 17.4. The van der Waals surface area contributed by atoms with Crippen molar-refractivity contribution >= 4 is 28.7 Å². The Kier molecular flexibility index (Phi) is 7.68. The molecule has 2 N–H and O–H groups in total. The summed E-state index contributed by atoms with van der Waals surface area (Å²) in [4.78, 5) is 10.3. The summed E-state index contributed by atoms with van der Waals surface area (Å²) in [6, 6.07) is 6.33. The number of unbranched alkanes of at least 4 members (excludes halogenated alkanes) is 1. The predicted octanol–water partition coefficient (Wildman–Crippen LogP) is 4.10. The maximum absolute atomic E-state index is 10.7. The molecule has 0 unspecified atom stereocenters. The van der Waals surface area contributed by atoms with Crippen LogP contribution in [0.25, 0.3) is 0 Å². The molecule has 1 rings (SSSR count). The van der Waals surface area contributed by atoms with Crippen molar-refractivity contribution in [3.05, 3.63) is 34.4 Å². The minimum atomic E-state index is -0.417. The average Bonchev–Trinajstić information content (AvgIpc) is 2.47. The Balaban J connectivity index is 2.46. The molecular weight excluding hydrogens is 286 g/mol. The zero-order chi connectivity index (χ0) is 15.7. The molecule has 1 aromatic rings.